The first-order valence-electron chi connectivity index (χ1n) is 10.5. The summed E-state index contributed by atoms with van der Waals surface area (Å²) < 4.78 is 0. The first kappa shape index (κ1) is 22.7. The molecule has 0 aliphatic carbocycles. The fourth-order valence-electron chi connectivity index (χ4n) is 2.95. The van der Waals surface area contributed by atoms with Crippen molar-refractivity contribution in [2.75, 3.05) is 36.8 Å². The van der Waals surface area contributed by atoms with Crippen LogP contribution in [0.4, 0.5) is 11.6 Å². The van der Waals surface area contributed by atoms with Gasteiger partial charge in [-0.2, -0.15) is 0 Å². The van der Waals surface area contributed by atoms with Gasteiger partial charge in [0.25, 0.3) is 5.91 Å². The summed E-state index contributed by atoms with van der Waals surface area (Å²) in [4.78, 5) is 32.5. The van der Waals surface area contributed by atoms with Crippen LogP contribution in [-0.2, 0) is 4.79 Å². The number of hydrogen-bond donors (Lipinski definition) is 4. The SMILES string of the molecule is CC(=O)NCCNc1cc(NCCNC(=O)c2ccc(C)cc2)nc(-c2ccccc2)n1. The molecule has 1 aromatic heterocycles. The summed E-state index contributed by atoms with van der Waals surface area (Å²) in [6.45, 7) is 5.46. The molecular weight excluding hydrogens is 404 g/mol. The Kier molecular flexibility index (Phi) is 8.14. The quantitative estimate of drug-likeness (QED) is 0.367. The highest BCUT2D eigenvalue weighted by Gasteiger charge is 2.08. The van der Waals surface area contributed by atoms with Crippen molar-refractivity contribution in [2.45, 2.75) is 13.8 Å². The number of carbonyl (C=O) groups is 2. The summed E-state index contributed by atoms with van der Waals surface area (Å²) in [5, 5.41) is 12.1. The Morgan fingerprint density at radius 3 is 1.97 bits per heavy atom. The smallest absolute Gasteiger partial charge is 0.251 e. The molecule has 0 unspecified atom stereocenters. The van der Waals surface area contributed by atoms with Crippen molar-refractivity contribution in [1.29, 1.82) is 0 Å². The van der Waals surface area contributed by atoms with Crippen molar-refractivity contribution in [3.63, 3.8) is 0 Å². The van der Waals surface area contributed by atoms with Crippen molar-refractivity contribution >= 4 is 23.5 Å². The van der Waals surface area contributed by atoms with E-state index in [9.17, 15) is 9.59 Å². The summed E-state index contributed by atoms with van der Waals surface area (Å²) in [6.07, 6.45) is 0. The monoisotopic (exact) mass is 432 g/mol. The highest BCUT2D eigenvalue weighted by molar-refractivity contribution is 5.94. The lowest BCUT2D eigenvalue weighted by Crippen LogP contribution is -2.29. The standard InChI is InChI=1S/C24H28N6O2/c1-17-8-10-20(11-9-17)24(32)28-15-14-27-22-16-21(26-13-12-25-18(2)31)29-23(30-22)19-6-4-3-5-7-19/h3-11,16H,12-15H2,1-2H3,(H,25,31)(H,28,32)(H2,26,27,29,30). The number of nitrogens with one attached hydrogen (secondary N) is 4. The van der Waals surface area contributed by atoms with Crippen LogP contribution < -0.4 is 21.3 Å². The number of benzene rings is 2. The zero-order chi connectivity index (χ0) is 22.8. The van der Waals surface area contributed by atoms with E-state index in [0.717, 1.165) is 11.1 Å². The third-order valence-electron chi connectivity index (χ3n) is 4.59. The van der Waals surface area contributed by atoms with E-state index in [1.807, 2.05) is 67.6 Å². The van der Waals surface area contributed by atoms with Gasteiger partial charge in [0.15, 0.2) is 5.82 Å². The summed E-state index contributed by atoms with van der Waals surface area (Å²) in [5.74, 6) is 1.69. The van der Waals surface area contributed by atoms with E-state index in [-0.39, 0.29) is 11.8 Å². The molecule has 0 atom stereocenters. The lowest BCUT2D eigenvalue weighted by Gasteiger charge is -2.12. The van der Waals surface area contributed by atoms with Crippen molar-refractivity contribution in [3.8, 4) is 11.4 Å². The maximum atomic E-state index is 12.3. The number of anilines is 2. The molecule has 32 heavy (non-hydrogen) atoms. The number of carbonyl (C=O) groups excluding carboxylic acids is 2. The number of rotatable bonds is 10. The van der Waals surface area contributed by atoms with Crippen LogP contribution in [0, 0.1) is 6.92 Å². The fraction of sp³-hybridized carbons (Fsp3) is 0.250. The molecule has 0 spiro atoms. The second-order valence-corrected chi connectivity index (χ2v) is 7.29. The average Bonchev–Trinajstić information content (AvgIpc) is 2.80. The van der Waals surface area contributed by atoms with E-state index >= 15 is 0 Å². The van der Waals surface area contributed by atoms with E-state index in [2.05, 4.69) is 31.2 Å². The van der Waals surface area contributed by atoms with Gasteiger partial charge in [0.2, 0.25) is 5.91 Å². The van der Waals surface area contributed by atoms with Crippen LogP contribution in [0.15, 0.2) is 60.7 Å². The molecule has 2 aromatic carbocycles. The van der Waals surface area contributed by atoms with Crippen molar-refractivity contribution < 1.29 is 9.59 Å². The first-order chi connectivity index (χ1) is 15.5. The predicted molar refractivity (Wildman–Crippen MR) is 127 cm³/mol. The van der Waals surface area contributed by atoms with Gasteiger partial charge in [-0.15, -0.1) is 0 Å². The van der Waals surface area contributed by atoms with Gasteiger partial charge < -0.3 is 21.3 Å². The maximum absolute atomic E-state index is 12.3. The van der Waals surface area contributed by atoms with E-state index in [4.69, 9.17) is 0 Å². The minimum atomic E-state index is -0.111. The Hall–Kier alpha value is -3.94. The summed E-state index contributed by atoms with van der Waals surface area (Å²) in [5.41, 5.74) is 2.64. The number of nitrogens with zero attached hydrogens (tertiary/aromatic N) is 2. The molecule has 1 heterocycles. The van der Waals surface area contributed by atoms with Crippen LogP contribution in [-0.4, -0.2) is 48.0 Å². The van der Waals surface area contributed by atoms with Crippen LogP contribution in [0.1, 0.15) is 22.8 Å². The van der Waals surface area contributed by atoms with Gasteiger partial charge >= 0.3 is 0 Å². The molecule has 3 aromatic rings. The molecule has 166 valence electrons. The normalized spacial score (nSPS) is 10.3. The van der Waals surface area contributed by atoms with E-state index in [1.165, 1.54) is 6.92 Å². The van der Waals surface area contributed by atoms with E-state index in [1.54, 1.807) is 0 Å². The molecule has 0 aliphatic rings. The molecule has 0 aliphatic heterocycles. The van der Waals surface area contributed by atoms with Gasteiger partial charge in [-0.3, -0.25) is 9.59 Å². The van der Waals surface area contributed by atoms with Crippen molar-refractivity contribution in [1.82, 2.24) is 20.6 Å². The molecule has 0 bridgehead atoms. The molecule has 0 fully saturated rings. The summed E-state index contributed by atoms with van der Waals surface area (Å²) in [7, 11) is 0. The summed E-state index contributed by atoms with van der Waals surface area (Å²) >= 11 is 0. The second-order valence-electron chi connectivity index (χ2n) is 7.29. The van der Waals surface area contributed by atoms with Gasteiger partial charge in [-0.1, -0.05) is 48.0 Å². The number of amides is 2. The Labute approximate surface area is 187 Å². The van der Waals surface area contributed by atoms with Crippen LogP contribution in [0.25, 0.3) is 11.4 Å². The van der Waals surface area contributed by atoms with Gasteiger partial charge in [0.1, 0.15) is 11.6 Å². The van der Waals surface area contributed by atoms with Crippen LogP contribution in [0.3, 0.4) is 0 Å². The Morgan fingerprint density at radius 2 is 1.38 bits per heavy atom. The predicted octanol–water partition coefficient (Wildman–Crippen LogP) is 2.84. The van der Waals surface area contributed by atoms with Gasteiger partial charge in [0.05, 0.1) is 0 Å². The zero-order valence-corrected chi connectivity index (χ0v) is 18.3. The van der Waals surface area contributed by atoms with Gasteiger partial charge in [-0.05, 0) is 19.1 Å². The highest BCUT2D eigenvalue weighted by atomic mass is 16.2. The molecule has 0 radical (unpaired) electrons. The molecule has 8 nitrogen and oxygen atoms in total. The molecule has 4 N–H and O–H groups in total. The maximum Gasteiger partial charge on any atom is 0.251 e. The minimum Gasteiger partial charge on any atom is -0.368 e. The van der Waals surface area contributed by atoms with Crippen molar-refractivity contribution in [3.05, 3.63) is 71.8 Å². The molecule has 0 saturated carbocycles. The Balaban J connectivity index is 1.61. The van der Waals surface area contributed by atoms with Gasteiger partial charge in [0, 0.05) is 50.3 Å². The fourth-order valence-corrected chi connectivity index (χ4v) is 2.95. The first-order valence-corrected chi connectivity index (χ1v) is 10.5. The molecule has 3 rings (SSSR count). The third kappa shape index (κ3) is 7.09. The van der Waals surface area contributed by atoms with E-state index in [0.29, 0.717) is 49.2 Å². The molecule has 0 saturated heterocycles. The topological polar surface area (TPSA) is 108 Å². The highest BCUT2D eigenvalue weighted by Crippen LogP contribution is 2.19. The van der Waals surface area contributed by atoms with Crippen LogP contribution in [0.2, 0.25) is 0 Å². The zero-order valence-electron chi connectivity index (χ0n) is 18.3. The number of aryl methyl sites for hydroxylation is 1. The van der Waals surface area contributed by atoms with Crippen LogP contribution >= 0.6 is 0 Å². The van der Waals surface area contributed by atoms with Crippen molar-refractivity contribution in [2.24, 2.45) is 0 Å². The largest absolute Gasteiger partial charge is 0.368 e. The van der Waals surface area contributed by atoms with Crippen LogP contribution in [0.5, 0.6) is 0 Å². The van der Waals surface area contributed by atoms with Gasteiger partial charge in [-0.25, -0.2) is 9.97 Å². The second kappa shape index (κ2) is 11.5. The Bertz CT molecular complexity index is 1040. The number of aromatic nitrogens is 2. The summed E-state index contributed by atoms with van der Waals surface area (Å²) in [6, 6.07) is 19.0. The molecular formula is C24H28N6O2. The molecule has 8 heteroatoms. The number of hydrogen-bond acceptors (Lipinski definition) is 6. The lowest BCUT2D eigenvalue weighted by molar-refractivity contribution is -0.118. The van der Waals surface area contributed by atoms with E-state index < -0.39 is 0 Å². The lowest BCUT2D eigenvalue weighted by atomic mass is 10.1. The third-order valence-corrected chi connectivity index (χ3v) is 4.59. The Morgan fingerprint density at radius 1 is 0.781 bits per heavy atom. The molecule has 2 amide bonds. The average molecular weight is 433 g/mol. The minimum absolute atomic E-state index is 0.0745.